The topological polar surface area (TPSA) is 126 Å². The van der Waals surface area contributed by atoms with Crippen molar-refractivity contribution in [2.24, 2.45) is 0 Å². The summed E-state index contributed by atoms with van der Waals surface area (Å²) >= 11 is 0. The fraction of sp³-hybridized carbons (Fsp3) is 0.250. The molecule has 24 heavy (non-hydrogen) atoms. The molecule has 126 valence electrons. The number of nitrogens with one attached hydrogen (secondary N) is 2. The van der Waals surface area contributed by atoms with Crippen LogP contribution < -0.4 is 20.8 Å². The maximum atomic E-state index is 12.0. The minimum atomic E-state index is -0.461. The first-order valence-corrected chi connectivity index (χ1v) is 7.28. The smallest absolute Gasteiger partial charge is 0.276 e. The van der Waals surface area contributed by atoms with Crippen LogP contribution in [0.4, 0.5) is 5.95 Å². The van der Waals surface area contributed by atoms with Gasteiger partial charge in [0, 0.05) is 23.2 Å². The zero-order valence-corrected chi connectivity index (χ0v) is 13.3. The Bertz CT molecular complexity index is 931. The van der Waals surface area contributed by atoms with Crippen LogP contribution in [0.2, 0.25) is 0 Å². The number of ether oxygens (including phenoxy) is 2. The SMILES string of the molecule is COc1ccc(OC)c(C(CO)c2c[nH]c3c(=O)[nH]c(N)nc23)c1. The van der Waals surface area contributed by atoms with E-state index in [1.54, 1.807) is 38.6 Å². The van der Waals surface area contributed by atoms with Crippen LogP contribution in [0, 0.1) is 0 Å². The van der Waals surface area contributed by atoms with Gasteiger partial charge in [0.1, 0.15) is 22.5 Å². The number of hydrogen-bond donors (Lipinski definition) is 4. The minimum absolute atomic E-state index is 0.0163. The van der Waals surface area contributed by atoms with Crippen molar-refractivity contribution in [1.82, 2.24) is 15.0 Å². The van der Waals surface area contributed by atoms with E-state index in [4.69, 9.17) is 15.2 Å². The lowest BCUT2D eigenvalue weighted by atomic mass is 9.92. The summed E-state index contributed by atoms with van der Waals surface area (Å²) in [5.41, 5.74) is 7.38. The second kappa shape index (κ2) is 6.25. The van der Waals surface area contributed by atoms with Crippen molar-refractivity contribution >= 4 is 17.0 Å². The monoisotopic (exact) mass is 330 g/mol. The van der Waals surface area contributed by atoms with Gasteiger partial charge in [-0.3, -0.25) is 9.78 Å². The summed E-state index contributed by atoms with van der Waals surface area (Å²) < 4.78 is 10.7. The van der Waals surface area contributed by atoms with Crippen molar-refractivity contribution in [2.45, 2.75) is 5.92 Å². The molecule has 0 spiro atoms. The zero-order chi connectivity index (χ0) is 17.3. The third-order valence-corrected chi connectivity index (χ3v) is 3.95. The van der Waals surface area contributed by atoms with E-state index in [0.29, 0.717) is 28.1 Å². The molecular weight excluding hydrogens is 312 g/mol. The van der Waals surface area contributed by atoms with E-state index in [-0.39, 0.29) is 18.1 Å². The first-order valence-electron chi connectivity index (χ1n) is 7.28. The summed E-state index contributed by atoms with van der Waals surface area (Å²) in [4.78, 5) is 21.5. The summed E-state index contributed by atoms with van der Waals surface area (Å²) in [5.74, 6) is 0.788. The third-order valence-electron chi connectivity index (χ3n) is 3.95. The fourth-order valence-corrected chi connectivity index (χ4v) is 2.79. The number of nitrogens with zero attached hydrogens (tertiary/aromatic N) is 1. The molecule has 0 saturated carbocycles. The van der Waals surface area contributed by atoms with Crippen molar-refractivity contribution in [3.05, 3.63) is 45.9 Å². The number of aromatic nitrogens is 3. The van der Waals surface area contributed by atoms with Gasteiger partial charge in [0.15, 0.2) is 0 Å². The molecule has 0 aliphatic heterocycles. The Balaban J connectivity index is 2.22. The maximum absolute atomic E-state index is 12.0. The summed E-state index contributed by atoms with van der Waals surface area (Å²) in [6.45, 7) is -0.204. The molecule has 8 heteroatoms. The lowest BCUT2D eigenvalue weighted by Gasteiger charge is -2.18. The van der Waals surface area contributed by atoms with Crippen LogP contribution in [-0.2, 0) is 0 Å². The van der Waals surface area contributed by atoms with Crippen molar-refractivity contribution in [3.63, 3.8) is 0 Å². The number of fused-ring (bicyclic) bond motifs is 1. The predicted molar refractivity (Wildman–Crippen MR) is 89.6 cm³/mol. The molecule has 5 N–H and O–H groups in total. The molecule has 1 unspecified atom stereocenters. The van der Waals surface area contributed by atoms with Gasteiger partial charge in [-0.25, -0.2) is 4.98 Å². The second-order valence-electron chi connectivity index (χ2n) is 5.26. The van der Waals surface area contributed by atoms with Gasteiger partial charge in [0.2, 0.25) is 5.95 Å². The first-order chi connectivity index (χ1) is 11.6. The number of rotatable bonds is 5. The number of benzene rings is 1. The molecule has 0 bridgehead atoms. The molecule has 3 aromatic rings. The van der Waals surface area contributed by atoms with Crippen LogP contribution in [0.3, 0.4) is 0 Å². The number of methoxy groups -OCH3 is 2. The number of aliphatic hydroxyl groups excluding tert-OH is 1. The van der Waals surface area contributed by atoms with E-state index in [1.807, 2.05) is 0 Å². The second-order valence-corrected chi connectivity index (χ2v) is 5.26. The molecule has 3 rings (SSSR count). The number of aromatic amines is 2. The van der Waals surface area contributed by atoms with E-state index in [9.17, 15) is 9.90 Å². The number of hydrogen-bond acceptors (Lipinski definition) is 6. The molecule has 0 aliphatic carbocycles. The molecule has 1 atom stereocenters. The normalized spacial score (nSPS) is 12.3. The number of aliphatic hydroxyl groups is 1. The van der Waals surface area contributed by atoms with Crippen molar-refractivity contribution in [2.75, 3.05) is 26.6 Å². The maximum Gasteiger partial charge on any atom is 0.276 e. The third kappa shape index (κ3) is 2.56. The summed E-state index contributed by atoms with van der Waals surface area (Å²) in [5, 5.41) is 9.98. The van der Waals surface area contributed by atoms with Crippen LogP contribution >= 0.6 is 0 Å². The Labute approximate surface area is 137 Å². The van der Waals surface area contributed by atoms with Crippen LogP contribution in [0.5, 0.6) is 11.5 Å². The van der Waals surface area contributed by atoms with Gasteiger partial charge in [-0.15, -0.1) is 0 Å². The highest BCUT2D eigenvalue weighted by Crippen LogP contribution is 2.36. The average Bonchev–Trinajstić information content (AvgIpc) is 2.99. The van der Waals surface area contributed by atoms with Crippen LogP contribution in [0.25, 0.3) is 11.0 Å². The van der Waals surface area contributed by atoms with Crippen LogP contribution in [-0.4, -0.2) is 40.9 Å². The Hall–Kier alpha value is -3.00. The summed E-state index contributed by atoms with van der Waals surface area (Å²) in [7, 11) is 3.11. The quantitative estimate of drug-likeness (QED) is 0.552. The van der Waals surface area contributed by atoms with Crippen molar-refractivity contribution in [1.29, 1.82) is 0 Å². The molecule has 2 aromatic heterocycles. The molecule has 8 nitrogen and oxygen atoms in total. The Kier molecular flexibility index (Phi) is 4.13. The number of H-pyrrole nitrogens is 2. The molecular formula is C16H18N4O4. The zero-order valence-electron chi connectivity index (χ0n) is 13.3. The van der Waals surface area contributed by atoms with Gasteiger partial charge in [-0.2, -0.15) is 0 Å². The predicted octanol–water partition coefficient (Wildman–Crippen LogP) is 0.975. The number of nitrogens with two attached hydrogens (primary N) is 1. The molecule has 2 heterocycles. The first kappa shape index (κ1) is 15.9. The van der Waals surface area contributed by atoms with Gasteiger partial charge in [-0.05, 0) is 18.2 Å². The summed E-state index contributed by atoms with van der Waals surface area (Å²) in [6, 6.07) is 5.32. The largest absolute Gasteiger partial charge is 0.497 e. The lowest BCUT2D eigenvalue weighted by molar-refractivity contribution is 0.277. The van der Waals surface area contributed by atoms with Gasteiger partial charge in [-0.1, -0.05) is 0 Å². The molecule has 0 aliphatic rings. The molecule has 0 fully saturated rings. The van der Waals surface area contributed by atoms with E-state index in [2.05, 4.69) is 15.0 Å². The minimum Gasteiger partial charge on any atom is -0.497 e. The number of anilines is 1. The molecule has 1 aromatic carbocycles. The Morgan fingerprint density at radius 1 is 1.29 bits per heavy atom. The van der Waals surface area contributed by atoms with Gasteiger partial charge >= 0.3 is 0 Å². The van der Waals surface area contributed by atoms with Crippen molar-refractivity contribution < 1.29 is 14.6 Å². The Morgan fingerprint density at radius 2 is 2.08 bits per heavy atom. The highest BCUT2D eigenvalue weighted by molar-refractivity contribution is 5.80. The van der Waals surface area contributed by atoms with Gasteiger partial charge < -0.3 is 25.3 Å². The summed E-state index contributed by atoms with van der Waals surface area (Å²) in [6.07, 6.45) is 1.64. The molecule has 0 saturated heterocycles. The van der Waals surface area contributed by atoms with Crippen LogP contribution in [0.15, 0.2) is 29.2 Å². The fourth-order valence-electron chi connectivity index (χ4n) is 2.79. The van der Waals surface area contributed by atoms with Gasteiger partial charge in [0.25, 0.3) is 5.56 Å². The van der Waals surface area contributed by atoms with Crippen molar-refractivity contribution in [3.8, 4) is 11.5 Å². The van der Waals surface area contributed by atoms with E-state index < -0.39 is 5.92 Å². The highest BCUT2D eigenvalue weighted by atomic mass is 16.5. The van der Waals surface area contributed by atoms with Gasteiger partial charge in [0.05, 0.1) is 20.8 Å². The van der Waals surface area contributed by atoms with E-state index >= 15 is 0 Å². The standard InChI is InChI=1S/C16H18N4O4/c1-23-8-3-4-12(24-2)9(5-8)11(7-21)10-6-18-14-13(10)19-16(17)20-15(14)22/h3-6,11,18,21H,7H2,1-2H3,(H3,17,19,20,22). The Morgan fingerprint density at radius 3 is 2.75 bits per heavy atom. The average molecular weight is 330 g/mol. The van der Waals surface area contributed by atoms with E-state index in [1.165, 1.54) is 0 Å². The highest BCUT2D eigenvalue weighted by Gasteiger charge is 2.23. The number of nitrogen functional groups attached to an aromatic ring is 1. The molecule has 0 amide bonds. The van der Waals surface area contributed by atoms with E-state index in [0.717, 1.165) is 5.56 Å². The molecule has 0 radical (unpaired) electrons. The van der Waals surface area contributed by atoms with Crippen LogP contribution in [0.1, 0.15) is 17.0 Å². The lowest BCUT2D eigenvalue weighted by Crippen LogP contribution is -2.12.